The van der Waals surface area contributed by atoms with E-state index in [2.05, 4.69) is 26.3 Å². The number of aromatic nitrogens is 2. The second-order valence-corrected chi connectivity index (χ2v) is 4.86. The summed E-state index contributed by atoms with van der Waals surface area (Å²) in [5, 5.41) is 6.89. The summed E-state index contributed by atoms with van der Waals surface area (Å²) in [5.41, 5.74) is 0.600. The summed E-state index contributed by atoms with van der Waals surface area (Å²) in [6, 6.07) is 0. The summed E-state index contributed by atoms with van der Waals surface area (Å²) in [6.07, 6.45) is 1.64. The van der Waals surface area contributed by atoms with Gasteiger partial charge in [-0.2, -0.15) is 5.10 Å². The third-order valence-corrected chi connectivity index (χ3v) is 2.42. The number of carbonyl (C=O) groups excluding carboxylic acids is 1. The molecule has 0 spiro atoms. The molecule has 0 aromatic carbocycles. The molecule has 5 heteroatoms. The number of amides is 1. The molecule has 0 radical (unpaired) electrons. The molecule has 0 atom stereocenters. The molecule has 0 aliphatic heterocycles. The van der Waals surface area contributed by atoms with E-state index in [1.807, 2.05) is 25.5 Å². The third-order valence-electron chi connectivity index (χ3n) is 1.66. The van der Waals surface area contributed by atoms with E-state index in [-0.39, 0.29) is 11.4 Å². The quantitative estimate of drug-likeness (QED) is 0.842. The second-order valence-electron chi connectivity index (χ2n) is 4.11. The highest BCUT2D eigenvalue weighted by Gasteiger charge is 2.19. The molecule has 0 aliphatic carbocycles. The molecule has 0 bridgehead atoms. The normalized spacial score (nSPS) is 11.5. The zero-order valence-electron chi connectivity index (χ0n) is 8.76. The Morgan fingerprint density at radius 1 is 1.57 bits per heavy atom. The topological polar surface area (TPSA) is 46.9 Å². The van der Waals surface area contributed by atoms with Crippen molar-refractivity contribution >= 4 is 27.5 Å². The van der Waals surface area contributed by atoms with E-state index >= 15 is 0 Å². The standard InChI is InChI=1S/C9H14BrN3O/c1-6(14)12-7-5-11-13(8(7)10)9(2,3)4/h5H,1-4H3,(H,12,14). The minimum atomic E-state index is -0.102. The zero-order valence-corrected chi connectivity index (χ0v) is 10.3. The van der Waals surface area contributed by atoms with Gasteiger partial charge in [-0.1, -0.05) is 0 Å². The molecule has 78 valence electrons. The van der Waals surface area contributed by atoms with Crippen molar-refractivity contribution in [3.63, 3.8) is 0 Å². The largest absolute Gasteiger partial charge is 0.323 e. The Bertz CT molecular complexity index is 351. The maximum absolute atomic E-state index is 10.9. The fourth-order valence-electron chi connectivity index (χ4n) is 1.07. The van der Waals surface area contributed by atoms with E-state index in [1.54, 1.807) is 6.20 Å². The number of hydrogen-bond donors (Lipinski definition) is 1. The minimum Gasteiger partial charge on any atom is -0.323 e. The number of anilines is 1. The van der Waals surface area contributed by atoms with Gasteiger partial charge in [0.1, 0.15) is 4.60 Å². The lowest BCUT2D eigenvalue weighted by atomic mass is 10.1. The van der Waals surface area contributed by atoms with Crippen LogP contribution in [-0.2, 0) is 10.3 Å². The molecule has 0 fully saturated rings. The summed E-state index contributed by atoms with van der Waals surface area (Å²) in [4.78, 5) is 10.9. The molecule has 0 unspecified atom stereocenters. The van der Waals surface area contributed by atoms with Crippen LogP contribution in [0.4, 0.5) is 5.69 Å². The summed E-state index contributed by atoms with van der Waals surface area (Å²) >= 11 is 3.40. The van der Waals surface area contributed by atoms with Crippen LogP contribution >= 0.6 is 15.9 Å². The Morgan fingerprint density at radius 2 is 2.14 bits per heavy atom. The maximum atomic E-state index is 10.9. The van der Waals surface area contributed by atoms with Crippen LogP contribution in [0.3, 0.4) is 0 Å². The third kappa shape index (κ3) is 2.35. The number of halogens is 1. The molecule has 1 amide bonds. The highest BCUT2D eigenvalue weighted by molar-refractivity contribution is 9.10. The van der Waals surface area contributed by atoms with Gasteiger partial charge in [0.05, 0.1) is 17.4 Å². The highest BCUT2D eigenvalue weighted by atomic mass is 79.9. The fourth-order valence-corrected chi connectivity index (χ4v) is 1.90. The molecule has 0 aliphatic rings. The lowest BCUT2D eigenvalue weighted by molar-refractivity contribution is -0.114. The van der Waals surface area contributed by atoms with Gasteiger partial charge in [0.25, 0.3) is 0 Å². The van der Waals surface area contributed by atoms with E-state index in [1.165, 1.54) is 6.92 Å². The summed E-state index contributed by atoms with van der Waals surface area (Å²) in [6.45, 7) is 7.60. The predicted octanol–water partition coefficient (Wildman–Crippen LogP) is 2.36. The average molecular weight is 260 g/mol. The van der Waals surface area contributed by atoms with Crippen LogP contribution in [0.25, 0.3) is 0 Å². The first-order chi connectivity index (χ1) is 6.32. The molecule has 1 N–H and O–H groups in total. The molecule has 1 rings (SSSR count). The SMILES string of the molecule is CC(=O)Nc1cnn(C(C)(C)C)c1Br. The van der Waals surface area contributed by atoms with Crippen molar-refractivity contribution in [2.45, 2.75) is 33.2 Å². The molecule has 14 heavy (non-hydrogen) atoms. The Balaban J connectivity index is 3.03. The predicted molar refractivity (Wildman–Crippen MR) is 59.2 cm³/mol. The van der Waals surface area contributed by atoms with Crippen molar-refractivity contribution in [2.75, 3.05) is 5.32 Å². The monoisotopic (exact) mass is 259 g/mol. The molecule has 4 nitrogen and oxygen atoms in total. The number of hydrogen-bond acceptors (Lipinski definition) is 2. The van der Waals surface area contributed by atoms with Crippen LogP contribution in [0, 0.1) is 0 Å². The van der Waals surface area contributed by atoms with Gasteiger partial charge in [-0.15, -0.1) is 0 Å². The van der Waals surface area contributed by atoms with Crippen LogP contribution in [0.15, 0.2) is 10.8 Å². The van der Waals surface area contributed by atoms with Gasteiger partial charge in [-0.05, 0) is 36.7 Å². The first kappa shape index (κ1) is 11.2. The molecule has 1 aromatic rings. The van der Waals surface area contributed by atoms with Gasteiger partial charge >= 0.3 is 0 Å². The summed E-state index contributed by atoms with van der Waals surface area (Å²) < 4.78 is 2.61. The van der Waals surface area contributed by atoms with Crippen molar-refractivity contribution in [1.29, 1.82) is 0 Å². The number of nitrogens with one attached hydrogen (secondary N) is 1. The zero-order chi connectivity index (χ0) is 10.9. The first-order valence-electron chi connectivity index (χ1n) is 4.34. The molecule has 0 saturated heterocycles. The Morgan fingerprint density at radius 3 is 2.50 bits per heavy atom. The van der Waals surface area contributed by atoms with Crippen LogP contribution in [0.2, 0.25) is 0 Å². The lowest BCUT2D eigenvalue weighted by Crippen LogP contribution is -2.23. The van der Waals surface area contributed by atoms with E-state index < -0.39 is 0 Å². The van der Waals surface area contributed by atoms with Crippen LogP contribution in [0.1, 0.15) is 27.7 Å². The van der Waals surface area contributed by atoms with Crippen LogP contribution < -0.4 is 5.32 Å². The van der Waals surface area contributed by atoms with E-state index in [0.717, 1.165) is 4.60 Å². The van der Waals surface area contributed by atoms with Crippen molar-refractivity contribution in [3.05, 3.63) is 10.8 Å². The number of nitrogens with zero attached hydrogens (tertiary/aromatic N) is 2. The van der Waals surface area contributed by atoms with Crippen molar-refractivity contribution < 1.29 is 4.79 Å². The van der Waals surface area contributed by atoms with Gasteiger partial charge in [-0.25, -0.2) is 0 Å². The molecular formula is C9H14BrN3O. The lowest BCUT2D eigenvalue weighted by Gasteiger charge is -2.20. The number of rotatable bonds is 1. The Kier molecular flexibility index (Phi) is 2.99. The van der Waals surface area contributed by atoms with Crippen molar-refractivity contribution in [3.8, 4) is 0 Å². The summed E-state index contributed by atoms with van der Waals surface area (Å²) in [5.74, 6) is -0.0980. The van der Waals surface area contributed by atoms with Gasteiger partial charge < -0.3 is 5.32 Å². The van der Waals surface area contributed by atoms with E-state index in [9.17, 15) is 4.79 Å². The van der Waals surface area contributed by atoms with Gasteiger partial charge in [-0.3, -0.25) is 9.48 Å². The van der Waals surface area contributed by atoms with Gasteiger partial charge in [0, 0.05) is 6.92 Å². The van der Waals surface area contributed by atoms with Crippen molar-refractivity contribution in [2.24, 2.45) is 0 Å². The molecule has 1 aromatic heterocycles. The van der Waals surface area contributed by atoms with Gasteiger partial charge in [0.2, 0.25) is 5.91 Å². The van der Waals surface area contributed by atoms with E-state index in [4.69, 9.17) is 0 Å². The summed E-state index contributed by atoms with van der Waals surface area (Å²) in [7, 11) is 0. The molecule has 1 heterocycles. The van der Waals surface area contributed by atoms with Crippen LogP contribution in [0.5, 0.6) is 0 Å². The van der Waals surface area contributed by atoms with E-state index in [0.29, 0.717) is 5.69 Å². The Labute approximate surface area is 91.8 Å². The molecular weight excluding hydrogens is 246 g/mol. The Hall–Kier alpha value is -0.840. The second kappa shape index (κ2) is 3.73. The number of carbonyl (C=O) groups is 1. The fraction of sp³-hybridized carbons (Fsp3) is 0.556. The minimum absolute atomic E-state index is 0.0980. The highest BCUT2D eigenvalue weighted by Crippen LogP contribution is 2.27. The maximum Gasteiger partial charge on any atom is 0.221 e. The van der Waals surface area contributed by atoms with Gasteiger partial charge in [0.15, 0.2) is 0 Å². The smallest absolute Gasteiger partial charge is 0.221 e. The average Bonchev–Trinajstić information content (AvgIpc) is 2.30. The molecule has 0 saturated carbocycles. The van der Waals surface area contributed by atoms with Crippen molar-refractivity contribution in [1.82, 2.24) is 9.78 Å². The first-order valence-corrected chi connectivity index (χ1v) is 5.13. The van der Waals surface area contributed by atoms with Crippen LogP contribution in [-0.4, -0.2) is 15.7 Å².